The lowest BCUT2D eigenvalue weighted by molar-refractivity contribution is 0.0753. The summed E-state index contributed by atoms with van der Waals surface area (Å²) in [5, 5.41) is 1.87. The Morgan fingerprint density at radius 2 is 1.97 bits per heavy atom. The molecule has 3 rings (SSSR count). The van der Waals surface area contributed by atoms with E-state index >= 15 is 0 Å². The Hall–Kier alpha value is -2.90. The molecule has 0 unspecified atom stereocenters. The molecule has 2 aromatic carbocycles. The van der Waals surface area contributed by atoms with E-state index in [1.807, 2.05) is 23.6 Å². The van der Waals surface area contributed by atoms with Gasteiger partial charge in [-0.15, -0.1) is 11.3 Å². The highest BCUT2D eigenvalue weighted by Crippen LogP contribution is 2.30. The molecule has 1 heterocycles. The first-order chi connectivity index (χ1) is 14.1. The van der Waals surface area contributed by atoms with Crippen LogP contribution in [0.5, 0.6) is 11.5 Å². The van der Waals surface area contributed by atoms with Gasteiger partial charge in [-0.2, -0.15) is 0 Å². The van der Waals surface area contributed by atoms with Crippen LogP contribution < -0.4 is 15.2 Å². The lowest BCUT2D eigenvalue weighted by Gasteiger charge is -2.22. The molecule has 0 aliphatic rings. The normalized spacial score (nSPS) is 10.6. The molecule has 29 heavy (non-hydrogen) atoms. The summed E-state index contributed by atoms with van der Waals surface area (Å²) in [6.45, 7) is 1.32. The highest BCUT2D eigenvalue weighted by Gasteiger charge is 2.17. The van der Waals surface area contributed by atoms with Crippen LogP contribution in [0.1, 0.15) is 20.8 Å². The molecule has 0 spiro atoms. The van der Waals surface area contributed by atoms with Crippen LogP contribution in [0.15, 0.2) is 60.0 Å². The standard InChI is InChI=1S/C22H23FN2O3S/c1-27-20-13-16(14-25(11-10-24)22(26)21-7-4-12-29-21)8-9-19(20)28-15-17-5-2-3-6-18(17)23/h2-9,12-13H,10-11,14-15,24H2,1H3. The van der Waals surface area contributed by atoms with Crippen molar-refractivity contribution in [3.05, 3.63) is 81.8 Å². The number of carbonyl (C=O) groups excluding carboxylic acids is 1. The Bertz CT molecular complexity index is 947. The smallest absolute Gasteiger partial charge is 0.264 e. The highest BCUT2D eigenvalue weighted by molar-refractivity contribution is 7.12. The molecule has 152 valence electrons. The molecule has 0 radical (unpaired) electrons. The minimum absolute atomic E-state index is 0.0516. The number of amides is 1. The Labute approximate surface area is 173 Å². The van der Waals surface area contributed by atoms with Crippen LogP contribution in [0.2, 0.25) is 0 Å². The molecule has 7 heteroatoms. The van der Waals surface area contributed by atoms with Crippen LogP contribution in [0.3, 0.4) is 0 Å². The Morgan fingerprint density at radius 3 is 2.66 bits per heavy atom. The van der Waals surface area contributed by atoms with E-state index < -0.39 is 0 Å². The van der Waals surface area contributed by atoms with Gasteiger partial charge in [-0.3, -0.25) is 4.79 Å². The number of ether oxygens (including phenoxy) is 2. The third kappa shape index (κ3) is 5.34. The molecule has 1 aromatic heterocycles. The Kier molecular flexibility index (Phi) is 7.21. The summed E-state index contributed by atoms with van der Waals surface area (Å²) in [5.74, 6) is 0.668. The number of hydrogen-bond acceptors (Lipinski definition) is 5. The zero-order chi connectivity index (χ0) is 20.6. The van der Waals surface area contributed by atoms with Gasteiger partial charge in [0.1, 0.15) is 12.4 Å². The summed E-state index contributed by atoms with van der Waals surface area (Å²) >= 11 is 1.40. The molecule has 0 aliphatic carbocycles. The van der Waals surface area contributed by atoms with E-state index in [1.165, 1.54) is 17.4 Å². The molecule has 1 amide bonds. The van der Waals surface area contributed by atoms with E-state index in [4.69, 9.17) is 15.2 Å². The maximum absolute atomic E-state index is 13.8. The molecule has 3 aromatic rings. The topological polar surface area (TPSA) is 64.8 Å². The van der Waals surface area contributed by atoms with Crippen molar-refractivity contribution >= 4 is 17.2 Å². The lowest BCUT2D eigenvalue weighted by Crippen LogP contribution is -2.34. The van der Waals surface area contributed by atoms with E-state index in [2.05, 4.69) is 0 Å². The van der Waals surface area contributed by atoms with Crippen molar-refractivity contribution in [1.82, 2.24) is 4.90 Å². The number of nitrogens with two attached hydrogens (primary N) is 1. The first-order valence-corrected chi connectivity index (χ1v) is 10.1. The minimum atomic E-state index is -0.312. The van der Waals surface area contributed by atoms with Crippen molar-refractivity contribution in [3.63, 3.8) is 0 Å². The number of methoxy groups -OCH3 is 1. The molecular weight excluding hydrogens is 391 g/mol. The van der Waals surface area contributed by atoms with Crippen molar-refractivity contribution in [2.75, 3.05) is 20.2 Å². The van der Waals surface area contributed by atoms with Gasteiger partial charge in [-0.05, 0) is 35.2 Å². The van der Waals surface area contributed by atoms with Gasteiger partial charge in [-0.25, -0.2) is 4.39 Å². The number of hydrogen-bond donors (Lipinski definition) is 1. The van der Waals surface area contributed by atoms with Crippen LogP contribution in [0, 0.1) is 5.82 Å². The van der Waals surface area contributed by atoms with Gasteiger partial charge in [0.05, 0.1) is 12.0 Å². The van der Waals surface area contributed by atoms with Gasteiger partial charge in [0.15, 0.2) is 11.5 Å². The van der Waals surface area contributed by atoms with E-state index in [0.717, 1.165) is 5.56 Å². The van der Waals surface area contributed by atoms with Crippen LogP contribution in [0.4, 0.5) is 4.39 Å². The van der Waals surface area contributed by atoms with Gasteiger partial charge in [0.25, 0.3) is 5.91 Å². The van der Waals surface area contributed by atoms with Crippen molar-refractivity contribution < 1.29 is 18.7 Å². The maximum atomic E-state index is 13.8. The molecule has 0 saturated heterocycles. The molecular formula is C22H23FN2O3S. The van der Waals surface area contributed by atoms with Crippen LogP contribution in [0.25, 0.3) is 0 Å². The molecule has 5 nitrogen and oxygen atoms in total. The van der Waals surface area contributed by atoms with Gasteiger partial charge in [0.2, 0.25) is 0 Å². The highest BCUT2D eigenvalue weighted by atomic mass is 32.1. The summed E-state index contributed by atoms with van der Waals surface area (Å²) < 4.78 is 25.0. The Balaban J connectivity index is 1.73. The largest absolute Gasteiger partial charge is 0.493 e. The SMILES string of the molecule is COc1cc(CN(CCN)C(=O)c2cccs2)ccc1OCc1ccccc1F. The summed E-state index contributed by atoms with van der Waals surface area (Å²) in [6, 6.07) is 15.6. The zero-order valence-electron chi connectivity index (χ0n) is 16.1. The second-order valence-corrected chi connectivity index (χ2v) is 7.31. The van der Waals surface area contributed by atoms with Gasteiger partial charge in [-0.1, -0.05) is 30.3 Å². The molecule has 0 aliphatic heterocycles. The van der Waals surface area contributed by atoms with Crippen LogP contribution in [-0.4, -0.2) is 31.0 Å². The average molecular weight is 415 g/mol. The third-order valence-corrected chi connectivity index (χ3v) is 5.22. The number of rotatable bonds is 9. The lowest BCUT2D eigenvalue weighted by atomic mass is 10.1. The predicted octanol–water partition coefficient (Wildman–Crippen LogP) is 4.08. The first kappa shape index (κ1) is 20.8. The molecule has 0 bridgehead atoms. The van der Waals surface area contributed by atoms with E-state index in [0.29, 0.717) is 41.6 Å². The fourth-order valence-electron chi connectivity index (χ4n) is 2.89. The monoisotopic (exact) mass is 414 g/mol. The number of carbonyl (C=O) groups is 1. The predicted molar refractivity (Wildman–Crippen MR) is 112 cm³/mol. The average Bonchev–Trinajstić information content (AvgIpc) is 3.27. The quantitative estimate of drug-likeness (QED) is 0.573. The number of nitrogens with zero attached hydrogens (tertiary/aromatic N) is 1. The summed E-state index contributed by atoms with van der Waals surface area (Å²) in [6.07, 6.45) is 0. The van der Waals surface area contributed by atoms with E-state index in [9.17, 15) is 9.18 Å². The number of benzene rings is 2. The van der Waals surface area contributed by atoms with E-state index in [1.54, 1.807) is 42.3 Å². The second kappa shape index (κ2) is 10.0. The fourth-order valence-corrected chi connectivity index (χ4v) is 3.58. The summed E-state index contributed by atoms with van der Waals surface area (Å²) in [7, 11) is 1.55. The molecule has 0 atom stereocenters. The van der Waals surface area contributed by atoms with Crippen molar-refractivity contribution in [2.45, 2.75) is 13.2 Å². The van der Waals surface area contributed by atoms with Gasteiger partial charge in [0, 0.05) is 25.2 Å². The van der Waals surface area contributed by atoms with Gasteiger partial charge < -0.3 is 20.1 Å². The molecule has 0 fully saturated rings. The second-order valence-electron chi connectivity index (χ2n) is 6.36. The third-order valence-electron chi connectivity index (χ3n) is 4.36. The van der Waals surface area contributed by atoms with Crippen LogP contribution in [-0.2, 0) is 13.2 Å². The number of halogens is 1. The Morgan fingerprint density at radius 1 is 1.14 bits per heavy atom. The van der Waals surface area contributed by atoms with Crippen molar-refractivity contribution in [3.8, 4) is 11.5 Å². The van der Waals surface area contributed by atoms with Gasteiger partial charge >= 0.3 is 0 Å². The summed E-state index contributed by atoms with van der Waals surface area (Å²) in [5.41, 5.74) is 7.05. The molecule has 2 N–H and O–H groups in total. The van der Waals surface area contributed by atoms with Crippen molar-refractivity contribution in [1.29, 1.82) is 0 Å². The van der Waals surface area contributed by atoms with Crippen molar-refractivity contribution in [2.24, 2.45) is 5.73 Å². The minimum Gasteiger partial charge on any atom is -0.493 e. The first-order valence-electron chi connectivity index (χ1n) is 9.18. The number of thiophene rings is 1. The fraction of sp³-hybridized carbons (Fsp3) is 0.227. The zero-order valence-corrected chi connectivity index (χ0v) is 17.0. The van der Waals surface area contributed by atoms with E-state index in [-0.39, 0.29) is 18.3 Å². The molecule has 0 saturated carbocycles. The maximum Gasteiger partial charge on any atom is 0.264 e. The summed E-state index contributed by atoms with van der Waals surface area (Å²) in [4.78, 5) is 15.1. The van der Waals surface area contributed by atoms with Crippen LogP contribution >= 0.6 is 11.3 Å².